The van der Waals surface area contributed by atoms with Gasteiger partial charge in [0.05, 0.1) is 36.3 Å². The van der Waals surface area contributed by atoms with E-state index in [0.717, 1.165) is 30.6 Å². The maximum atomic E-state index is 13.3. The molecule has 0 aromatic carbocycles. The molecule has 4 aromatic rings. The van der Waals surface area contributed by atoms with Crippen LogP contribution in [0.15, 0.2) is 43.1 Å². The standard InChI is InChI=1S/C23H24N6O3/c1-14(2)32-18-8-20-27-19(23-5-4-15(9-23)31-13-23)12-28(20)11-16(18)22(30)26-17-10-25-29-7-3-6-24-21(17)29/h3,6-8,10-12,14-15H,4-5,9,13H2,1-2H3,(H,26,30)/t15-,23-/m1/s1. The normalized spacial score (nSPS) is 22.3. The van der Waals surface area contributed by atoms with Gasteiger partial charge >= 0.3 is 0 Å². The van der Waals surface area contributed by atoms with Crippen molar-refractivity contribution in [2.75, 3.05) is 11.9 Å². The van der Waals surface area contributed by atoms with E-state index in [1.165, 1.54) is 0 Å². The zero-order valence-corrected chi connectivity index (χ0v) is 18.0. The molecule has 4 aromatic heterocycles. The Kier molecular flexibility index (Phi) is 4.23. The molecule has 1 saturated heterocycles. The molecule has 1 N–H and O–H groups in total. The Morgan fingerprint density at radius 1 is 1.38 bits per heavy atom. The topological polar surface area (TPSA) is 95.0 Å². The molecule has 9 heteroatoms. The van der Waals surface area contributed by atoms with Gasteiger partial charge in [0, 0.05) is 36.3 Å². The zero-order chi connectivity index (χ0) is 21.9. The van der Waals surface area contributed by atoms with Gasteiger partial charge < -0.3 is 19.2 Å². The summed E-state index contributed by atoms with van der Waals surface area (Å²) in [6.07, 6.45) is 12.3. The number of anilines is 1. The lowest BCUT2D eigenvalue weighted by molar-refractivity contribution is 0.0692. The minimum Gasteiger partial charge on any atom is -0.490 e. The van der Waals surface area contributed by atoms with Crippen LogP contribution in [0.1, 0.15) is 49.2 Å². The number of amides is 1. The predicted octanol–water partition coefficient (Wildman–Crippen LogP) is 3.24. The van der Waals surface area contributed by atoms with E-state index in [-0.39, 0.29) is 17.4 Å². The number of carbonyl (C=O) groups excluding carboxylic acids is 1. The molecule has 6 rings (SSSR count). The minimum atomic E-state index is -0.290. The number of carbonyl (C=O) groups is 1. The number of hydrogen-bond acceptors (Lipinski definition) is 6. The summed E-state index contributed by atoms with van der Waals surface area (Å²) in [6.45, 7) is 4.59. The Hall–Kier alpha value is -3.46. The van der Waals surface area contributed by atoms with E-state index < -0.39 is 0 Å². The lowest BCUT2D eigenvalue weighted by Crippen LogP contribution is -2.25. The predicted molar refractivity (Wildman–Crippen MR) is 117 cm³/mol. The Balaban J connectivity index is 1.39. The van der Waals surface area contributed by atoms with Crippen molar-refractivity contribution in [1.82, 2.24) is 24.0 Å². The van der Waals surface area contributed by atoms with E-state index in [0.29, 0.717) is 35.4 Å². The van der Waals surface area contributed by atoms with Gasteiger partial charge in [-0.15, -0.1) is 0 Å². The smallest absolute Gasteiger partial charge is 0.261 e. The molecule has 1 aliphatic heterocycles. The van der Waals surface area contributed by atoms with Gasteiger partial charge in [-0.1, -0.05) is 0 Å². The second-order valence-electron chi connectivity index (χ2n) is 8.97. The molecule has 9 nitrogen and oxygen atoms in total. The van der Waals surface area contributed by atoms with Gasteiger partial charge in [-0.05, 0) is 39.2 Å². The van der Waals surface area contributed by atoms with Gasteiger partial charge in [0.25, 0.3) is 5.91 Å². The summed E-state index contributed by atoms with van der Waals surface area (Å²) >= 11 is 0. The molecule has 0 unspecified atom stereocenters. The molecule has 2 fully saturated rings. The third kappa shape index (κ3) is 3.03. The van der Waals surface area contributed by atoms with E-state index in [9.17, 15) is 4.79 Å². The van der Waals surface area contributed by atoms with Crippen LogP contribution in [0, 0.1) is 0 Å². The molecule has 0 spiro atoms. The van der Waals surface area contributed by atoms with Crippen LogP contribution in [0.3, 0.4) is 0 Å². The van der Waals surface area contributed by atoms with E-state index in [1.807, 2.05) is 30.5 Å². The molecule has 1 aliphatic carbocycles. The van der Waals surface area contributed by atoms with E-state index in [2.05, 4.69) is 15.4 Å². The molecule has 2 atom stereocenters. The lowest BCUT2D eigenvalue weighted by Gasteiger charge is -2.22. The van der Waals surface area contributed by atoms with Crippen molar-refractivity contribution < 1.29 is 14.3 Å². The SMILES string of the molecule is CC(C)Oc1cc2nc([C@]34CC[C@H](C3)OC4)cn2cc1C(=O)Nc1cnn2cccnc12. The van der Waals surface area contributed by atoms with Crippen LogP contribution < -0.4 is 10.1 Å². The Morgan fingerprint density at radius 2 is 2.28 bits per heavy atom. The first-order chi connectivity index (χ1) is 15.5. The maximum Gasteiger partial charge on any atom is 0.261 e. The first-order valence-electron chi connectivity index (χ1n) is 10.9. The van der Waals surface area contributed by atoms with Gasteiger partial charge in [0.2, 0.25) is 0 Å². The summed E-state index contributed by atoms with van der Waals surface area (Å²) in [4.78, 5) is 22.5. The minimum absolute atomic E-state index is 0.0130. The summed E-state index contributed by atoms with van der Waals surface area (Å²) < 4.78 is 15.4. The van der Waals surface area contributed by atoms with E-state index in [1.54, 1.807) is 35.4 Å². The summed E-state index contributed by atoms with van der Waals surface area (Å²) in [5, 5.41) is 7.16. The number of rotatable bonds is 5. The van der Waals surface area contributed by atoms with Crippen molar-refractivity contribution in [3.05, 3.63) is 54.4 Å². The van der Waals surface area contributed by atoms with Crippen molar-refractivity contribution in [3.8, 4) is 5.75 Å². The second kappa shape index (κ2) is 7.03. The van der Waals surface area contributed by atoms with E-state index >= 15 is 0 Å². The number of aromatic nitrogens is 5. The first-order valence-corrected chi connectivity index (χ1v) is 10.9. The highest BCUT2D eigenvalue weighted by atomic mass is 16.5. The van der Waals surface area contributed by atoms with E-state index in [4.69, 9.17) is 14.5 Å². The van der Waals surface area contributed by atoms with Gasteiger partial charge in [-0.2, -0.15) is 5.10 Å². The highest BCUT2D eigenvalue weighted by molar-refractivity contribution is 6.07. The van der Waals surface area contributed by atoms with Crippen LogP contribution in [0.5, 0.6) is 5.75 Å². The van der Waals surface area contributed by atoms with Crippen molar-refractivity contribution in [2.24, 2.45) is 0 Å². The van der Waals surface area contributed by atoms with Crippen LogP contribution in [-0.4, -0.2) is 48.7 Å². The van der Waals surface area contributed by atoms with Gasteiger partial charge in [0.1, 0.15) is 17.1 Å². The maximum absolute atomic E-state index is 13.3. The summed E-state index contributed by atoms with van der Waals surface area (Å²) in [5.74, 6) is 0.206. The highest BCUT2D eigenvalue weighted by Crippen LogP contribution is 2.47. The number of hydrogen-bond donors (Lipinski definition) is 1. The monoisotopic (exact) mass is 432 g/mol. The van der Waals surface area contributed by atoms with Gasteiger partial charge in [0.15, 0.2) is 5.65 Å². The van der Waals surface area contributed by atoms with Crippen molar-refractivity contribution in [2.45, 2.75) is 50.7 Å². The summed E-state index contributed by atoms with van der Waals surface area (Å²) in [5.41, 5.74) is 3.31. The highest BCUT2D eigenvalue weighted by Gasteiger charge is 2.48. The molecular formula is C23H24N6O3. The third-order valence-corrected chi connectivity index (χ3v) is 6.39. The molecule has 2 aliphatic rings. The Morgan fingerprint density at radius 3 is 3.03 bits per heavy atom. The molecular weight excluding hydrogens is 408 g/mol. The van der Waals surface area contributed by atoms with Crippen LogP contribution in [0.2, 0.25) is 0 Å². The molecule has 32 heavy (non-hydrogen) atoms. The third-order valence-electron chi connectivity index (χ3n) is 6.39. The average Bonchev–Trinajstić information content (AvgIpc) is 3.56. The summed E-state index contributed by atoms with van der Waals surface area (Å²) in [7, 11) is 0. The molecule has 0 radical (unpaired) electrons. The molecule has 1 saturated carbocycles. The van der Waals surface area contributed by atoms with Crippen molar-refractivity contribution >= 4 is 22.9 Å². The van der Waals surface area contributed by atoms with Gasteiger partial charge in [-0.25, -0.2) is 14.5 Å². The van der Waals surface area contributed by atoms with Crippen molar-refractivity contribution in [1.29, 1.82) is 0 Å². The van der Waals surface area contributed by atoms with Crippen LogP contribution >= 0.6 is 0 Å². The number of nitrogens with one attached hydrogen (secondary N) is 1. The zero-order valence-electron chi connectivity index (χ0n) is 18.0. The number of fused-ring (bicyclic) bond motifs is 4. The average molecular weight is 432 g/mol. The van der Waals surface area contributed by atoms with Crippen LogP contribution in [-0.2, 0) is 10.2 Å². The molecule has 164 valence electrons. The Labute approximate surface area is 184 Å². The number of pyridine rings is 1. The number of nitrogens with zero attached hydrogens (tertiary/aromatic N) is 5. The second-order valence-corrected chi connectivity index (χ2v) is 8.97. The number of ether oxygens (including phenoxy) is 2. The quantitative estimate of drug-likeness (QED) is 0.520. The molecule has 1 amide bonds. The largest absolute Gasteiger partial charge is 0.490 e. The number of imidazole rings is 1. The van der Waals surface area contributed by atoms with Crippen molar-refractivity contribution in [3.63, 3.8) is 0 Å². The Bertz CT molecular complexity index is 1330. The van der Waals surface area contributed by atoms with Gasteiger partial charge in [-0.3, -0.25) is 4.79 Å². The summed E-state index contributed by atoms with van der Waals surface area (Å²) in [6, 6.07) is 3.62. The fraction of sp³-hybridized carbons (Fsp3) is 0.391. The van der Waals surface area contributed by atoms with Crippen LogP contribution in [0.25, 0.3) is 11.3 Å². The molecule has 2 bridgehead atoms. The fourth-order valence-electron chi connectivity index (χ4n) is 4.83. The molecule has 5 heterocycles. The lowest BCUT2D eigenvalue weighted by atomic mass is 9.85. The first kappa shape index (κ1) is 19.2. The fourth-order valence-corrected chi connectivity index (χ4v) is 4.83. The van der Waals surface area contributed by atoms with Crippen LogP contribution in [0.4, 0.5) is 5.69 Å².